The minimum atomic E-state index is -5.79. The number of rotatable bonds is 7. The summed E-state index contributed by atoms with van der Waals surface area (Å²) in [6.07, 6.45) is 1.75. The van der Waals surface area contributed by atoms with E-state index in [1.54, 1.807) is 30.6 Å². The van der Waals surface area contributed by atoms with Gasteiger partial charge in [0.1, 0.15) is 17.9 Å². The Hall–Kier alpha value is -3.78. The second kappa shape index (κ2) is 13.1. The van der Waals surface area contributed by atoms with Gasteiger partial charge in [0.15, 0.2) is 0 Å². The molecule has 3 fully saturated rings. The molecule has 0 spiro atoms. The van der Waals surface area contributed by atoms with Crippen LogP contribution in [0.1, 0.15) is 65.6 Å². The quantitative estimate of drug-likeness (QED) is 0.296. The zero-order valence-corrected chi connectivity index (χ0v) is 29.4. The summed E-state index contributed by atoms with van der Waals surface area (Å²) in [6, 6.07) is 7.80. The van der Waals surface area contributed by atoms with Crippen molar-refractivity contribution in [1.82, 2.24) is 20.0 Å². The minimum Gasteiger partial charge on any atom is -0.339 e. The molecule has 0 saturated carbocycles. The molecule has 4 heterocycles. The van der Waals surface area contributed by atoms with E-state index < -0.39 is 54.0 Å². The van der Waals surface area contributed by atoms with E-state index in [0.29, 0.717) is 49.3 Å². The number of hydrogen-bond donors (Lipinski definition) is 3. The molecule has 3 aromatic rings. The molecule has 4 amide bonds. The standard InChI is InChI=1S/C34H38F3N4O7PS/c1-33(2,3)28(38-29(42)27-16-21-15-22(8-11-26(21)50-27)34(36,37)49(46,47)48)32(45)40-13-4-5-24(40)31(44)39-17-20-12-14-41(25(20)18-39)30(43)19-6-9-23(35)10-7-19/h6-11,15-16,20,24-25,28H,4-5,12-14,17-18H2,1-3H3,(H,38,42)(H2,46,47,48)/t20-,24-,25+,28?/m0/s1. The van der Waals surface area contributed by atoms with Gasteiger partial charge in [-0.3, -0.25) is 23.7 Å². The Morgan fingerprint density at radius 3 is 2.32 bits per heavy atom. The van der Waals surface area contributed by atoms with Gasteiger partial charge in [-0.1, -0.05) is 26.8 Å². The number of benzene rings is 2. The van der Waals surface area contributed by atoms with Crippen LogP contribution < -0.4 is 5.32 Å². The van der Waals surface area contributed by atoms with Gasteiger partial charge in [-0.25, -0.2) is 4.39 Å². The number of amides is 4. The fourth-order valence-electron chi connectivity index (χ4n) is 7.18. The molecule has 50 heavy (non-hydrogen) atoms. The molecule has 0 aliphatic carbocycles. The van der Waals surface area contributed by atoms with Gasteiger partial charge < -0.3 is 29.8 Å². The topological polar surface area (TPSA) is 148 Å². The number of thiophene rings is 1. The van der Waals surface area contributed by atoms with Gasteiger partial charge in [0.25, 0.3) is 11.8 Å². The van der Waals surface area contributed by atoms with Gasteiger partial charge in [-0.2, -0.15) is 8.78 Å². The summed E-state index contributed by atoms with van der Waals surface area (Å²) in [7, 11) is -5.79. The SMILES string of the molecule is CC(C)(C)C(NC(=O)c1cc2cc(C(F)(F)P(=O)(O)O)ccc2s1)C(=O)N1CCC[C@H]1C(=O)N1C[C@@H]2CCN(C(=O)c3ccc(F)cc3)[C@@H]2C1. The molecule has 0 bridgehead atoms. The molecule has 1 unspecified atom stereocenters. The lowest BCUT2D eigenvalue weighted by atomic mass is 9.85. The van der Waals surface area contributed by atoms with Crippen LogP contribution in [0.15, 0.2) is 48.5 Å². The first kappa shape index (κ1) is 36.0. The third-order valence-electron chi connectivity index (χ3n) is 9.87. The Kier molecular flexibility index (Phi) is 9.42. The molecule has 6 rings (SSSR count). The summed E-state index contributed by atoms with van der Waals surface area (Å²) in [4.78, 5) is 78.1. The highest BCUT2D eigenvalue weighted by Crippen LogP contribution is 2.59. The number of hydrogen-bond acceptors (Lipinski definition) is 6. The van der Waals surface area contributed by atoms with Crippen LogP contribution in [0.25, 0.3) is 10.1 Å². The van der Waals surface area contributed by atoms with Crippen molar-refractivity contribution in [2.75, 3.05) is 26.2 Å². The summed E-state index contributed by atoms with van der Waals surface area (Å²) in [5.74, 6) is -1.86. The molecule has 3 aliphatic rings. The molecule has 3 saturated heterocycles. The Labute approximate surface area is 290 Å². The molecular formula is C34H38F3N4O7PS. The first-order valence-corrected chi connectivity index (χ1v) is 18.7. The monoisotopic (exact) mass is 734 g/mol. The van der Waals surface area contributed by atoms with Gasteiger partial charge >= 0.3 is 13.3 Å². The van der Waals surface area contributed by atoms with E-state index >= 15 is 0 Å². The lowest BCUT2D eigenvalue weighted by Gasteiger charge is -2.36. The van der Waals surface area contributed by atoms with E-state index in [-0.39, 0.29) is 34.0 Å². The molecule has 3 aliphatic heterocycles. The van der Waals surface area contributed by atoms with Crippen molar-refractivity contribution < 1.29 is 46.7 Å². The Morgan fingerprint density at radius 1 is 0.960 bits per heavy atom. The molecule has 11 nitrogen and oxygen atoms in total. The highest BCUT2D eigenvalue weighted by Gasteiger charge is 2.51. The molecule has 268 valence electrons. The first-order chi connectivity index (χ1) is 23.4. The van der Waals surface area contributed by atoms with E-state index in [4.69, 9.17) is 9.79 Å². The molecule has 1 aromatic heterocycles. The fraction of sp³-hybridized carbons (Fsp3) is 0.471. The predicted octanol–water partition coefficient (Wildman–Crippen LogP) is 4.78. The van der Waals surface area contributed by atoms with Crippen LogP contribution in [0.5, 0.6) is 0 Å². The lowest BCUT2D eigenvalue weighted by Crippen LogP contribution is -2.58. The number of carbonyl (C=O) groups excluding carboxylic acids is 4. The molecule has 0 radical (unpaired) electrons. The normalized spacial score (nSPS) is 21.8. The van der Waals surface area contributed by atoms with Gasteiger partial charge in [0.2, 0.25) is 11.8 Å². The smallest absolute Gasteiger partial charge is 0.339 e. The fourth-order valence-corrected chi connectivity index (χ4v) is 8.60. The van der Waals surface area contributed by atoms with Crippen LogP contribution >= 0.6 is 18.9 Å². The minimum absolute atomic E-state index is 0.0796. The number of nitrogens with zero attached hydrogens (tertiary/aromatic N) is 3. The molecule has 16 heteroatoms. The lowest BCUT2D eigenvalue weighted by molar-refractivity contribution is -0.145. The Morgan fingerprint density at radius 2 is 1.66 bits per heavy atom. The predicted molar refractivity (Wildman–Crippen MR) is 179 cm³/mol. The molecule has 3 N–H and O–H groups in total. The van der Waals surface area contributed by atoms with E-state index in [1.807, 2.05) is 0 Å². The summed E-state index contributed by atoms with van der Waals surface area (Å²) in [5, 5.41) is 2.98. The number of alkyl halides is 2. The van der Waals surface area contributed by atoms with Gasteiger partial charge in [0.05, 0.1) is 10.9 Å². The highest BCUT2D eigenvalue weighted by molar-refractivity contribution is 7.52. The maximum absolute atomic E-state index is 14.3. The zero-order chi connectivity index (χ0) is 36.3. The van der Waals surface area contributed by atoms with Crippen molar-refractivity contribution >= 4 is 52.6 Å². The maximum Gasteiger partial charge on any atom is 0.399 e. The van der Waals surface area contributed by atoms with E-state index in [2.05, 4.69) is 5.32 Å². The van der Waals surface area contributed by atoms with Crippen LogP contribution in [-0.2, 0) is 19.8 Å². The van der Waals surface area contributed by atoms with E-state index in [1.165, 1.54) is 41.3 Å². The summed E-state index contributed by atoms with van der Waals surface area (Å²) < 4.78 is 53.9. The van der Waals surface area contributed by atoms with Crippen LogP contribution in [0.4, 0.5) is 13.2 Å². The van der Waals surface area contributed by atoms with E-state index in [0.717, 1.165) is 29.9 Å². The third kappa shape index (κ3) is 6.68. The number of likely N-dealkylation sites (tertiary alicyclic amines) is 3. The third-order valence-corrected chi connectivity index (χ3v) is 12.0. The molecule has 4 atom stereocenters. The van der Waals surface area contributed by atoms with E-state index in [9.17, 15) is 36.9 Å². The highest BCUT2D eigenvalue weighted by atomic mass is 32.1. The van der Waals surface area contributed by atoms with Gasteiger partial charge in [0, 0.05) is 47.9 Å². The number of halogens is 3. The first-order valence-electron chi connectivity index (χ1n) is 16.3. The summed E-state index contributed by atoms with van der Waals surface area (Å²) >= 11 is 0.979. The number of fused-ring (bicyclic) bond motifs is 2. The second-order valence-corrected chi connectivity index (χ2v) is 17.0. The van der Waals surface area contributed by atoms with Crippen molar-refractivity contribution in [3.05, 3.63) is 70.4 Å². The van der Waals surface area contributed by atoms with Crippen LogP contribution in [-0.4, -0.2) is 92.4 Å². The van der Waals surface area contributed by atoms with Crippen molar-refractivity contribution in [3.63, 3.8) is 0 Å². The molecule has 2 aromatic carbocycles. The van der Waals surface area contributed by atoms with Crippen molar-refractivity contribution in [2.24, 2.45) is 11.3 Å². The van der Waals surface area contributed by atoms with Crippen molar-refractivity contribution in [1.29, 1.82) is 0 Å². The zero-order valence-electron chi connectivity index (χ0n) is 27.6. The Bertz CT molecular complexity index is 1890. The van der Waals surface area contributed by atoms with Crippen molar-refractivity contribution in [3.8, 4) is 0 Å². The van der Waals surface area contributed by atoms with Crippen LogP contribution in [0, 0.1) is 17.2 Å². The largest absolute Gasteiger partial charge is 0.399 e. The van der Waals surface area contributed by atoms with Crippen LogP contribution in [0.3, 0.4) is 0 Å². The number of nitrogens with one attached hydrogen (secondary N) is 1. The maximum atomic E-state index is 14.3. The summed E-state index contributed by atoms with van der Waals surface area (Å²) in [5.41, 5.74) is -5.71. The second-order valence-electron chi connectivity index (χ2n) is 14.3. The van der Waals surface area contributed by atoms with Crippen molar-refractivity contribution in [2.45, 2.75) is 63.8 Å². The average Bonchev–Trinajstić information content (AvgIpc) is 3.85. The summed E-state index contributed by atoms with van der Waals surface area (Å²) in [6.45, 7) is 6.95. The van der Waals surface area contributed by atoms with Gasteiger partial charge in [-0.15, -0.1) is 11.3 Å². The Balaban J connectivity index is 1.15. The van der Waals surface area contributed by atoms with Gasteiger partial charge in [-0.05, 0) is 72.5 Å². The average molecular weight is 735 g/mol. The number of carbonyl (C=O) groups is 4. The van der Waals surface area contributed by atoms with Crippen LogP contribution in [0.2, 0.25) is 0 Å². The molecular weight excluding hydrogens is 696 g/mol.